The van der Waals surface area contributed by atoms with Gasteiger partial charge in [0.15, 0.2) is 0 Å². The Morgan fingerprint density at radius 1 is 1.12 bits per heavy atom. The summed E-state index contributed by atoms with van der Waals surface area (Å²) in [5.41, 5.74) is 1.58. The number of fused-ring (bicyclic) bond motifs is 1. The molecule has 0 unspecified atom stereocenters. The van der Waals surface area contributed by atoms with Crippen molar-refractivity contribution in [3.05, 3.63) is 59.7 Å². The summed E-state index contributed by atoms with van der Waals surface area (Å²) < 4.78 is 11.4. The first kappa shape index (κ1) is 21.0. The average molecular weight is 435 g/mol. The molecule has 1 aliphatic carbocycles. The number of anilines is 1. The van der Waals surface area contributed by atoms with Gasteiger partial charge in [-0.25, -0.2) is 0 Å². The molecule has 1 spiro atoms. The molecule has 1 saturated heterocycles. The molecule has 32 heavy (non-hydrogen) atoms. The molecule has 2 atom stereocenters. The largest absolute Gasteiger partial charge is 0.495 e. The summed E-state index contributed by atoms with van der Waals surface area (Å²) in [5, 5.41) is 3.12. The third kappa shape index (κ3) is 3.47. The van der Waals surface area contributed by atoms with Gasteiger partial charge in [0, 0.05) is 18.7 Å². The van der Waals surface area contributed by atoms with E-state index in [-0.39, 0.29) is 17.9 Å². The topological polar surface area (TPSA) is 67.9 Å². The Bertz CT molecular complexity index is 1010. The van der Waals surface area contributed by atoms with E-state index in [1.165, 1.54) is 0 Å². The number of hydrogen-bond acceptors (Lipinski definition) is 4. The van der Waals surface area contributed by atoms with Gasteiger partial charge in [0.25, 0.3) is 5.91 Å². The lowest BCUT2D eigenvalue weighted by Gasteiger charge is -2.50. The van der Waals surface area contributed by atoms with Gasteiger partial charge >= 0.3 is 0 Å². The van der Waals surface area contributed by atoms with Crippen LogP contribution in [0.3, 0.4) is 0 Å². The Hall–Kier alpha value is -2.86. The van der Waals surface area contributed by atoms with E-state index in [1.807, 2.05) is 53.4 Å². The van der Waals surface area contributed by atoms with E-state index >= 15 is 0 Å². The van der Waals surface area contributed by atoms with E-state index in [9.17, 15) is 9.59 Å². The number of carbonyl (C=O) groups is 2. The minimum absolute atomic E-state index is 0.0272. The van der Waals surface area contributed by atoms with Crippen LogP contribution in [0.4, 0.5) is 5.69 Å². The highest BCUT2D eigenvalue weighted by atomic mass is 16.5. The summed E-state index contributed by atoms with van der Waals surface area (Å²) in [5.74, 6) is 0.121. The van der Waals surface area contributed by atoms with Crippen molar-refractivity contribution in [3.8, 4) is 5.75 Å². The molecule has 0 radical (unpaired) electrons. The summed E-state index contributed by atoms with van der Waals surface area (Å²) in [6.45, 7) is 1.29. The van der Waals surface area contributed by atoms with Gasteiger partial charge in [-0.15, -0.1) is 0 Å². The number of nitrogens with zero attached hydrogens (tertiary/aromatic N) is 1. The molecule has 2 aliphatic heterocycles. The molecule has 0 bridgehead atoms. The Morgan fingerprint density at radius 3 is 2.62 bits per heavy atom. The predicted octanol–water partition coefficient (Wildman–Crippen LogP) is 4.37. The Kier molecular flexibility index (Phi) is 5.64. The fourth-order valence-electron chi connectivity index (χ4n) is 5.88. The van der Waals surface area contributed by atoms with Gasteiger partial charge in [-0.1, -0.05) is 43.2 Å². The van der Waals surface area contributed by atoms with Crippen molar-refractivity contribution in [3.63, 3.8) is 0 Å². The van der Waals surface area contributed by atoms with Crippen LogP contribution in [0.5, 0.6) is 5.75 Å². The van der Waals surface area contributed by atoms with Crippen LogP contribution in [0, 0.1) is 0 Å². The summed E-state index contributed by atoms with van der Waals surface area (Å²) in [4.78, 5) is 29.6. The number of benzene rings is 2. The molecule has 0 aromatic heterocycles. The molecule has 2 heterocycles. The average Bonchev–Trinajstić information content (AvgIpc) is 3.50. The summed E-state index contributed by atoms with van der Waals surface area (Å²) >= 11 is 0. The molecule has 2 aromatic carbocycles. The van der Waals surface area contributed by atoms with Crippen LogP contribution in [0.25, 0.3) is 0 Å². The molecule has 1 saturated carbocycles. The summed E-state index contributed by atoms with van der Waals surface area (Å²) in [7, 11) is 1.60. The lowest BCUT2D eigenvalue weighted by molar-refractivity contribution is -0.121. The van der Waals surface area contributed by atoms with Gasteiger partial charge in [-0.3, -0.25) is 9.59 Å². The first-order valence-electron chi connectivity index (χ1n) is 11.6. The molecule has 5 rings (SSSR count). The molecule has 6 heteroatoms. The zero-order chi connectivity index (χ0) is 22.1. The van der Waals surface area contributed by atoms with E-state index in [0.717, 1.165) is 50.7 Å². The minimum Gasteiger partial charge on any atom is -0.495 e. The Balaban J connectivity index is 1.57. The van der Waals surface area contributed by atoms with Crippen molar-refractivity contribution in [1.82, 2.24) is 4.90 Å². The van der Waals surface area contributed by atoms with Crippen molar-refractivity contribution >= 4 is 17.5 Å². The number of para-hydroxylation sites is 2. The molecular weight excluding hydrogens is 404 g/mol. The van der Waals surface area contributed by atoms with Crippen LogP contribution >= 0.6 is 0 Å². The van der Waals surface area contributed by atoms with Gasteiger partial charge in [-0.05, 0) is 49.4 Å². The predicted molar refractivity (Wildman–Crippen MR) is 122 cm³/mol. The van der Waals surface area contributed by atoms with Crippen molar-refractivity contribution in [1.29, 1.82) is 0 Å². The third-order valence-corrected chi connectivity index (χ3v) is 7.33. The molecule has 2 amide bonds. The number of rotatable bonds is 5. The zero-order valence-corrected chi connectivity index (χ0v) is 18.5. The van der Waals surface area contributed by atoms with Crippen molar-refractivity contribution in [2.45, 2.75) is 56.1 Å². The van der Waals surface area contributed by atoms with Gasteiger partial charge in [0.2, 0.25) is 5.91 Å². The fourth-order valence-corrected chi connectivity index (χ4v) is 5.88. The molecule has 2 aromatic rings. The monoisotopic (exact) mass is 434 g/mol. The Labute approximate surface area is 188 Å². The van der Waals surface area contributed by atoms with Gasteiger partial charge in [0.05, 0.1) is 30.4 Å². The van der Waals surface area contributed by atoms with E-state index < -0.39 is 11.5 Å². The zero-order valence-electron chi connectivity index (χ0n) is 18.5. The van der Waals surface area contributed by atoms with Crippen molar-refractivity contribution in [2.24, 2.45) is 0 Å². The van der Waals surface area contributed by atoms with Gasteiger partial charge in [0.1, 0.15) is 5.75 Å². The second-order valence-electron chi connectivity index (χ2n) is 9.07. The lowest BCUT2D eigenvalue weighted by atomic mass is 9.71. The maximum absolute atomic E-state index is 13.9. The maximum atomic E-state index is 13.9. The number of carbonyl (C=O) groups excluding carboxylic acids is 2. The summed E-state index contributed by atoms with van der Waals surface area (Å²) in [6.07, 6.45) is 5.69. The quantitative estimate of drug-likeness (QED) is 0.759. The molecule has 3 aliphatic rings. The first-order chi connectivity index (χ1) is 15.6. The molecule has 2 fully saturated rings. The molecule has 6 nitrogen and oxygen atoms in total. The van der Waals surface area contributed by atoms with Crippen molar-refractivity contribution < 1.29 is 19.1 Å². The van der Waals surface area contributed by atoms with E-state index in [0.29, 0.717) is 23.5 Å². The highest BCUT2D eigenvalue weighted by molar-refractivity contribution is 6.05. The minimum atomic E-state index is -0.524. The van der Waals surface area contributed by atoms with E-state index in [1.54, 1.807) is 7.11 Å². The number of amides is 2. The molecular formula is C26H30N2O4. The van der Waals surface area contributed by atoms with Gasteiger partial charge in [-0.2, -0.15) is 0 Å². The number of hydrogen-bond donors (Lipinski definition) is 1. The van der Waals surface area contributed by atoms with Crippen LogP contribution in [-0.2, 0) is 9.53 Å². The number of ether oxygens (including phenoxy) is 2. The standard InChI is InChI=1S/C26H30N2O4/c1-31-22-13-5-4-12-21(22)27-24(29)23-19-10-2-3-11-20(19)25(30)28(17-18-9-8-16-32-18)26(23)14-6-7-15-26/h2-5,10-13,18,23H,6-9,14-17H2,1H3,(H,27,29)/t18-,23-/m0/s1. The normalized spacial score (nSPS) is 23.9. The maximum Gasteiger partial charge on any atom is 0.254 e. The molecule has 1 N–H and O–H groups in total. The fraction of sp³-hybridized carbons (Fsp3) is 0.462. The van der Waals surface area contributed by atoms with E-state index in [2.05, 4.69) is 5.32 Å². The Morgan fingerprint density at radius 2 is 1.88 bits per heavy atom. The number of methoxy groups -OCH3 is 1. The van der Waals surface area contributed by atoms with Crippen LogP contribution < -0.4 is 10.1 Å². The second kappa shape index (κ2) is 8.58. The second-order valence-corrected chi connectivity index (χ2v) is 9.07. The van der Waals surface area contributed by atoms with Crippen LogP contribution in [0.15, 0.2) is 48.5 Å². The van der Waals surface area contributed by atoms with Crippen molar-refractivity contribution in [2.75, 3.05) is 25.6 Å². The van der Waals surface area contributed by atoms with E-state index in [4.69, 9.17) is 9.47 Å². The van der Waals surface area contributed by atoms with Crippen LogP contribution in [0.1, 0.15) is 60.4 Å². The lowest BCUT2D eigenvalue weighted by Crippen LogP contribution is -2.61. The highest BCUT2D eigenvalue weighted by Gasteiger charge is 2.56. The van der Waals surface area contributed by atoms with Crippen LogP contribution in [0.2, 0.25) is 0 Å². The molecule has 168 valence electrons. The number of nitrogens with one attached hydrogen (secondary N) is 1. The van der Waals surface area contributed by atoms with Crippen LogP contribution in [-0.4, -0.2) is 48.6 Å². The van der Waals surface area contributed by atoms with Gasteiger partial charge < -0.3 is 19.7 Å². The SMILES string of the molecule is COc1ccccc1NC(=O)[C@@H]1c2ccccc2C(=O)N(C[C@@H]2CCCO2)C12CCCC2. The third-order valence-electron chi connectivity index (χ3n) is 7.33. The summed E-state index contributed by atoms with van der Waals surface area (Å²) in [6, 6.07) is 15.0. The first-order valence-corrected chi connectivity index (χ1v) is 11.6. The highest BCUT2D eigenvalue weighted by Crippen LogP contribution is 2.51. The smallest absolute Gasteiger partial charge is 0.254 e.